The van der Waals surface area contributed by atoms with Gasteiger partial charge in [-0.1, -0.05) is 34.8 Å². The molecular weight excluding hydrogens is 340 g/mol. The zero-order valence-electron chi connectivity index (χ0n) is 9.40. The number of alkyl halides is 3. The molecule has 0 amide bonds. The fourth-order valence-electron chi connectivity index (χ4n) is 1.52. The molecule has 2 rings (SSSR count). The van der Waals surface area contributed by atoms with Crippen LogP contribution in [0.3, 0.4) is 0 Å². The fraction of sp³-hybridized carbons (Fsp3) is 0.0833. The second-order valence-corrected chi connectivity index (χ2v) is 5.00. The molecule has 106 valence electrons. The maximum absolute atomic E-state index is 13.7. The van der Waals surface area contributed by atoms with Crippen molar-refractivity contribution in [3.05, 3.63) is 51.0 Å². The van der Waals surface area contributed by atoms with E-state index in [0.29, 0.717) is 6.07 Å². The average Bonchev–Trinajstić information content (AvgIpc) is 2.33. The normalized spacial score (nSPS) is 11.8. The SMILES string of the molecule is Fc1nc(C(F)(F)F)ccc1-c1cc(Cl)c(Cl)cc1Cl. The zero-order valence-corrected chi connectivity index (χ0v) is 11.7. The number of halogens is 7. The van der Waals surface area contributed by atoms with E-state index in [2.05, 4.69) is 4.98 Å². The van der Waals surface area contributed by atoms with E-state index < -0.39 is 17.8 Å². The van der Waals surface area contributed by atoms with Crippen LogP contribution in [-0.2, 0) is 6.18 Å². The third kappa shape index (κ3) is 3.00. The Hall–Kier alpha value is -1.04. The summed E-state index contributed by atoms with van der Waals surface area (Å²) in [7, 11) is 0. The number of benzene rings is 1. The van der Waals surface area contributed by atoms with Gasteiger partial charge in [-0.05, 0) is 24.3 Å². The van der Waals surface area contributed by atoms with Gasteiger partial charge < -0.3 is 0 Å². The van der Waals surface area contributed by atoms with Gasteiger partial charge in [0.1, 0.15) is 5.69 Å². The molecule has 0 unspecified atom stereocenters. The van der Waals surface area contributed by atoms with Gasteiger partial charge in [-0.15, -0.1) is 0 Å². The second-order valence-electron chi connectivity index (χ2n) is 3.78. The van der Waals surface area contributed by atoms with Gasteiger partial charge in [-0.3, -0.25) is 0 Å². The Morgan fingerprint density at radius 1 is 0.850 bits per heavy atom. The van der Waals surface area contributed by atoms with Crippen LogP contribution >= 0.6 is 34.8 Å². The zero-order chi connectivity index (χ0) is 15.1. The first-order chi connectivity index (χ1) is 9.20. The minimum atomic E-state index is -4.72. The molecular formula is C12H4Cl3F4N. The number of rotatable bonds is 1. The Morgan fingerprint density at radius 3 is 2.00 bits per heavy atom. The molecule has 2 aromatic rings. The lowest BCUT2D eigenvalue weighted by atomic mass is 10.1. The van der Waals surface area contributed by atoms with Gasteiger partial charge in [-0.25, -0.2) is 4.98 Å². The Kier molecular flexibility index (Phi) is 4.14. The number of hydrogen-bond acceptors (Lipinski definition) is 1. The van der Waals surface area contributed by atoms with E-state index in [4.69, 9.17) is 34.8 Å². The first kappa shape index (κ1) is 15.4. The molecule has 0 N–H and O–H groups in total. The molecule has 8 heteroatoms. The quantitative estimate of drug-likeness (QED) is 0.358. The molecule has 1 nitrogen and oxygen atoms in total. The Labute approximate surface area is 126 Å². The first-order valence-corrected chi connectivity index (χ1v) is 6.22. The lowest BCUT2D eigenvalue weighted by Gasteiger charge is -2.10. The minimum Gasteiger partial charge on any atom is -0.215 e. The van der Waals surface area contributed by atoms with E-state index >= 15 is 0 Å². The molecule has 0 radical (unpaired) electrons. The highest BCUT2D eigenvalue weighted by atomic mass is 35.5. The highest BCUT2D eigenvalue weighted by Crippen LogP contribution is 2.37. The van der Waals surface area contributed by atoms with Gasteiger partial charge in [0.05, 0.1) is 15.1 Å². The second kappa shape index (κ2) is 5.39. The van der Waals surface area contributed by atoms with Crippen LogP contribution in [0.4, 0.5) is 17.6 Å². The molecule has 0 bridgehead atoms. The largest absolute Gasteiger partial charge is 0.433 e. The third-order valence-electron chi connectivity index (χ3n) is 2.44. The maximum atomic E-state index is 13.7. The molecule has 0 saturated carbocycles. The fourth-order valence-corrected chi connectivity index (χ4v) is 2.17. The topological polar surface area (TPSA) is 12.9 Å². The van der Waals surface area contributed by atoms with Crippen molar-refractivity contribution in [3.8, 4) is 11.1 Å². The van der Waals surface area contributed by atoms with Crippen LogP contribution in [0.15, 0.2) is 24.3 Å². The number of nitrogens with zero attached hydrogens (tertiary/aromatic N) is 1. The molecule has 1 aromatic carbocycles. The molecule has 0 fully saturated rings. The highest BCUT2D eigenvalue weighted by Gasteiger charge is 2.33. The van der Waals surface area contributed by atoms with E-state index in [9.17, 15) is 17.6 Å². The third-order valence-corrected chi connectivity index (χ3v) is 3.47. The van der Waals surface area contributed by atoms with Crippen LogP contribution in [-0.4, -0.2) is 4.98 Å². The first-order valence-electron chi connectivity index (χ1n) is 5.09. The Bertz CT molecular complexity index is 670. The number of aromatic nitrogens is 1. The maximum Gasteiger partial charge on any atom is 0.433 e. The van der Waals surface area contributed by atoms with Crippen molar-refractivity contribution in [3.63, 3.8) is 0 Å². The van der Waals surface area contributed by atoms with E-state index in [1.54, 1.807) is 0 Å². The van der Waals surface area contributed by atoms with Crippen LogP contribution in [0.25, 0.3) is 11.1 Å². The van der Waals surface area contributed by atoms with Crippen molar-refractivity contribution in [2.24, 2.45) is 0 Å². The summed E-state index contributed by atoms with van der Waals surface area (Å²) in [6.07, 6.45) is -4.72. The van der Waals surface area contributed by atoms with Crippen molar-refractivity contribution in [1.29, 1.82) is 0 Å². The lowest BCUT2D eigenvalue weighted by molar-refractivity contribution is -0.141. The lowest BCUT2D eigenvalue weighted by Crippen LogP contribution is -2.09. The molecule has 0 aliphatic rings. The highest BCUT2D eigenvalue weighted by molar-refractivity contribution is 6.44. The minimum absolute atomic E-state index is 0.0554. The van der Waals surface area contributed by atoms with Crippen LogP contribution in [0.2, 0.25) is 15.1 Å². The Morgan fingerprint density at radius 2 is 1.45 bits per heavy atom. The number of hydrogen-bond donors (Lipinski definition) is 0. The Balaban J connectivity index is 2.57. The summed E-state index contributed by atoms with van der Waals surface area (Å²) in [5.41, 5.74) is -1.41. The molecule has 0 saturated heterocycles. The van der Waals surface area contributed by atoms with Crippen molar-refractivity contribution in [2.45, 2.75) is 6.18 Å². The summed E-state index contributed by atoms with van der Waals surface area (Å²) in [5.74, 6) is -1.29. The van der Waals surface area contributed by atoms with Gasteiger partial charge in [0.25, 0.3) is 0 Å². The smallest absolute Gasteiger partial charge is 0.215 e. The molecule has 0 atom stereocenters. The van der Waals surface area contributed by atoms with E-state index in [0.717, 1.165) is 6.07 Å². The van der Waals surface area contributed by atoms with Gasteiger partial charge in [0, 0.05) is 11.1 Å². The van der Waals surface area contributed by atoms with Crippen molar-refractivity contribution in [2.75, 3.05) is 0 Å². The van der Waals surface area contributed by atoms with Gasteiger partial charge >= 0.3 is 6.18 Å². The monoisotopic (exact) mass is 343 g/mol. The van der Waals surface area contributed by atoms with Crippen LogP contribution in [0.1, 0.15) is 5.69 Å². The van der Waals surface area contributed by atoms with E-state index in [1.165, 1.54) is 12.1 Å². The number of pyridine rings is 1. The molecule has 1 aromatic heterocycles. The van der Waals surface area contributed by atoms with E-state index in [-0.39, 0.29) is 26.2 Å². The van der Waals surface area contributed by atoms with Crippen LogP contribution < -0.4 is 0 Å². The molecule has 1 heterocycles. The standard InChI is InChI=1S/C12H4Cl3F4N/c13-7-4-9(15)8(14)3-6(7)5-1-2-10(12(17,18)19)20-11(5)16/h1-4H. The van der Waals surface area contributed by atoms with Gasteiger partial charge in [-0.2, -0.15) is 17.6 Å². The summed E-state index contributed by atoms with van der Waals surface area (Å²) in [6.45, 7) is 0. The summed E-state index contributed by atoms with van der Waals surface area (Å²) >= 11 is 17.4. The molecule has 0 aliphatic heterocycles. The van der Waals surface area contributed by atoms with Gasteiger partial charge in [0.15, 0.2) is 0 Å². The predicted molar refractivity (Wildman–Crippen MR) is 69.7 cm³/mol. The van der Waals surface area contributed by atoms with Gasteiger partial charge in [0.2, 0.25) is 5.95 Å². The molecule has 20 heavy (non-hydrogen) atoms. The molecule has 0 aliphatic carbocycles. The van der Waals surface area contributed by atoms with E-state index in [1.807, 2.05) is 0 Å². The average molecular weight is 345 g/mol. The summed E-state index contributed by atoms with van der Waals surface area (Å²) in [6, 6.07) is 4.14. The molecule has 0 spiro atoms. The summed E-state index contributed by atoms with van der Waals surface area (Å²) in [4.78, 5) is 2.89. The predicted octanol–water partition coefficient (Wildman–Crippen LogP) is 5.87. The summed E-state index contributed by atoms with van der Waals surface area (Å²) in [5, 5.41) is 0.311. The van der Waals surface area contributed by atoms with Crippen molar-refractivity contribution < 1.29 is 17.6 Å². The van der Waals surface area contributed by atoms with Crippen molar-refractivity contribution >= 4 is 34.8 Å². The van der Waals surface area contributed by atoms with Crippen LogP contribution in [0.5, 0.6) is 0 Å². The van der Waals surface area contributed by atoms with Crippen LogP contribution in [0, 0.1) is 5.95 Å². The summed E-state index contributed by atoms with van der Waals surface area (Å²) < 4.78 is 50.9. The van der Waals surface area contributed by atoms with Crippen molar-refractivity contribution in [1.82, 2.24) is 4.98 Å².